The zero-order chi connectivity index (χ0) is 12.5. The molecular weight excluding hydrogens is 232 g/mol. The number of aryl methyl sites for hydroxylation is 2. The molecule has 0 bridgehead atoms. The molecule has 0 aliphatic carbocycles. The van der Waals surface area contributed by atoms with Gasteiger partial charge < -0.3 is 9.84 Å². The van der Waals surface area contributed by atoms with Gasteiger partial charge in [-0.15, -0.1) is 0 Å². The van der Waals surface area contributed by atoms with Crippen LogP contribution >= 0.6 is 0 Å². The Hall–Kier alpha value is -2.11. The van der Waals surface area contributed by atoms with Crippen LogP contribution in [0.2, 0.25) is 0 Å². The van der Waals surface area contributed by atoms with Crippen molar-refractivity contribution in [1.82, 2.24) is 20.3 Å². The van der Waals surface area contributed by atoms with Crippen LogP contribution in [0, 0.1) is 6.92 Å². The van der Waals surface area contributed by atoms with Crippen LogP contribution in [0.4, 0.5) is 0 Å². The molecule has 0 aromatic carbocycles. The molecule has 1 aliphatic rings. The van der Waals surface area contributed by atoms with Gasteiger partial charge in [-0.3, -0.25) is 9.48 Å². The lowest BCUT2D eigenvalue weighted by molar-refractivity contribution is 0.0928. The summed E-state index contributed by atoms with van der Waals surface area (Å²) in [6, 6.07) is 2.14. The second kappa shape index (κ2) is 4.29. The average Bonchev–Trinajstić information content (AvgIpc) is 2.96. The highest BCUT2D eigenvalue weighted by Gasteiger charge is 2.22. The van der Waals surface area contributed by atoms with Gasteiger partial charge in [0.2, 0.25) is 0 Å². The van der Waals surface area contributed by atoms with Gasteiger partial charge in [0.1, 0.15) is 11.3 Å². The van der Waals surface area contributed by atoms with E-state index in [2.05, 4.69) is 15.6 Å². The molecule has 1 atom stereocenters. The van der Waals surface area contributed by atoms with Gasteiger partial charge in [-0.25, -0.2) is 0 Å². The Bertz CT molecular complexity index is 572. The molecule has 94 valence electrons. The van der Waals surface area contributed by atoms with E-state index in [1.54, 1.807) is 13.1 Å². The molecule has 2 aromatic heterocycles. The molecule has 0 unspecified atom stereocenters. The van der Waals surface area contributed by atoms with Crippen LogP contribution in [0.5, 0.6) is 0 Å². The summed E-state index contributed by atoms with van der Waals surface area (Å²) >= 11 is 0. The maximum atomic E-state index is 12.0. The van der Waals surface area contributed by atoms with Crippen molar-refractivity contribution < 1.29 is 9.32 Å². The Kier molecular flexibility index (Phi) is 2.62. The number of aromatic nitrogens is 3. The monoisotopic (exact) mass is 246 g/mol. The number of nitrogens with zero attached hydrogens (tertiary/aromatic N) is 3. The van der Waals surface area contributed by atoms with Crippen LogP contribution in [0.1, 0.15) is 28.2 Å². The molecule has 3 heterocycles. The number of nitrogens with one attached hydrogen (secondary N) is 1. The summed E-state index contributed by atoms with van der Waals surface area (Å²) < 4.78 is 6.87. The SMILES string of the molecule is Cc1oncc1C(=O)N[C@@H]1CCn2nccc2C1. The van der Waals surface area contributed by atoms with Crippen LogP contribution in [0.25, 0.3) is 0 Å². The molecule has 2 aromatic rings. The topological polar surface area (TPSA) is 73.0 Å². The van der Waals surface area contributed by atoms with Gasteiger partial charge in [-0.05, 0) is 19.4 Å². The van der Waals surface area contributed by atoms with E-state index in [9.17, 15) is 4.79 Å². The highest BCUT2D eigenvalue weighted by molar-refractivity contribution is 5.94. The summed E-state index contributed by atoms with van der Waals surface area (Å²) in [5.74, 6) is 0.431. The van der Waals surface area contributed by atoms with E-state index in [4.69, 9.17) is 4.52 Å². The number of amides is 1. The predicted octanol–water partition coefficient (Wildman–Crippen LogP) is 0.924. The smallest absolute Gasteiger partial charge is 0.256 e. The largest absolute Gasteiger partial charge is 0.361 e. The maximum Gasteiger partial charge on any atom is 0.256 e. The minimum Gasteiger partial charge on any atom is -0.361 e. The van der Waals surface area contributed by atoms with Gasteiger partial charge in [-0.1, -0.05) is 5.16 Å². The minimum atomic E-state index is -0.119. The molecule has 1 N–H and O–H groups in total. The Morgan fingerprint density at radius 3 is 3.28 bits per heavy atom. The molecule has 3 rings (SSSR count). The van der Waals surface area contributed by atoms with Crippen LogP contribution in [0.15, 0.2) is 23.0 Å². The fourth-order valence-corrected chi connectivity index (χ4v) is 2.27. The summed E-state index contributed by atoms with van der Waals surface area (Å²) in [5, 5.41) is 10.8. The third-order valence-electron chi connectivity index (χ3n) is 3.28. The molecule has 0 saturated heterocycles. The average molecular weight is 246 g/mol. The molecular formula is C12H14N4O2. The van der Waals surface area contributed by atoms with Gasteiger partial charge in [-0.2, -0.15) is 5.10 Å². The molecule has 6 heteroatoms. The van der Waals surface area contributed by atoms with E-state index in [-0.39, 0.29) is 11.9 Å². The van der Waals surface area contributed by atoms with Gasteiger partial charge in [0.15, 0.2) is 0 Å². The Labute approximate surface area is 104 Å². The lowest BCUT2D eigenvalue weighted by Gasteiger charge is -2.24. The molecule has 0 radical (unpaired) electrons. The van der Waals surface area contributed by atoms with Crippen LogP contribution in [0.3, 0.4) is 0 Å². The quantitative estimate of drug-likeness (QED) is 0.855. The lowest BCUT2D eigenvalue weighted by atomic mass is 10.0. The van der Waals surface area contributed by atoms with Crippen molar-refractivity contribution in [3.8, 4) is 0 Å². The third kappa shape index (κ3) is 1.90. The molecule has 0 spiro atoms. The number of rotatable bonds is 2. The van der Waals surface area contributed by atoms with Gasteiger partial charge in [0.25, 0.3) is 5.91 Å². The summed E-state index contributed by atoms with van der Waals surface area (Å²) in [4.78, 5) is 12.0. The second-order valence-corrected chi connectivity index (χ2v) is 4.50. The van der Waals surface area contributed by atoms with Gasteiger partial charge in [0, 0.05) is 30.9 Å². The molecule has 6 nitrogen and oxygen atoms in total. The van der Waals surface area contributed by atoms with Gasteiger partial charge >= 0.3 is 0 Å². The molecule has 1 amide bonds. The Morgan fingerprint density at radius 1 is 1.61 bits per heavy atom. The van der Waals surface area contributed by atoms with Crippen molar-refractivity contribution in [2.75, 3.05) is 0 Å². The second-order valence-electron chi connectivity index (χ2n) is 4.50. The summed E-state index contributed by atoms with van der Waals surface area (Å²) in [6.07, 6.45) is 4.96. The van der Waals surface area contributed by atoms with E-state index >= 15 is 0 Å². The van der Waals surface area contributed by atoms with Crippen LogP contribution in [-0.2, 0) is 13.0 Å². The predicted molar refractivity (Wildman–Crippen MR) is 63.0 cm³/mol. The highest BCUT2D eigenvalue weighted by Crippen LogP contribution is 2.15. The maximum absolute atomic E-state index is 12.0. The van der Waals surface area contributed by atoms with Crippen molar-refractivity contribution in [3.05, 3.63) is 35.5 Å². The van der Waals surface area contributed by atoms with Gasteiger partial charge in [0.05, 0.1) is 6.20 Å². The first kappa shape index (κ1) is 11.0. The zero-order valence-corrected chi connectivity index (χ0v) is 10.1. The van der Waals surface area contributed by atoms with E-state index in [0.29, 0.717) is 11.3 Å². The fraction of sp³-hybridized carbons (Fsp3) is 0.417. The van der Waals surface area contributed by atoms with Crippen LogP contribution in [-0.4, -0.2) is 26.9 Å². The number of carbonyl (C=O) groups excluding carboxylic acids is 1. The molecule has 1 aliphatic heterocycles. The van der Waals surface area contributed by atoms with E-state index in [0.717, 1.165) is 25.1 Å². The lowest BCUT2D eigenvalue weighted by Crippen LogP contribution is -2.40. The van der Waals surface area contributed by atoms with E-state index in [1.165, 1.54) is 6.20 Å². The van der Waals surface area contributed by atoms with Crippen molar-refractivity contribution in [2.45, 2.75) is 32.4 Å². The van der Waals surface area contributed by atoms with E-state index in [1.807, 2.05) is 10.7 Å². The van der Waals surface area contributed by atoms with Crippen molar-refractivity contribution >= 4 is 5.91 Å². The Balaban J connectivity index is 1.68. The van der Waals surface area contributed by atoms with Crippen molar-refractivity contribution in [1.29, 1.82) is 0 Å². The fourth-order valence-electron chi connectivity index (χ4n) is 2.27. The molecule has 18 heavy (non-hydrogen) atoms. The number of carbonyl (C=O) groups is 1. The highest BCUT2D eigenvalue weighted by atomic mass is 16.5. The molecule has 0 saturated carbocycles. The normalized spacial score (nSPS) is 18.4. The number of hydrogen-bond donors (Lipinski definition) is 1. The summed E-state index contributed by atoms with van der Waals surface area (Å²) in [5.41, 5.74) is 1.67. The Morgan fingerprint density at radius 2 is 2.50 bits per heavy atom. The first-order valence-corrected chi connectivity index (χ1v) is 5.97. The summed E-state index contributed by atoms with van der Waals surface area (Å²) in [7, 11) is 0. The third-order valence-corrected chi connectivity index (χ3v) is 3.28. The number of hydrogen-bond acceptors (Lipinski definition) is 4. The van der Waals surface area contributed by atoms with Crippen molar-refractivity contribution in [3.63, 3.8) is 0 Å². The summed E-state index contributed by atoms with van der Waals surface area (Å²) in [6.45, 7) is 2.58. The minimum absolute atomic E-state index is 0.119. The molecule has 0 fully saturated rings. The standard InChI is InChI=1S/C12H14N4O2/c1-8-11(7-14-18-8)12(17)15-9-3-5-16-10(6-9)2-4-13-16/h2,4,7,9H,3,5-6H2,1H3,(H,15,17)/t9-/m1/s1. The van der Waals surface area contributed by atoms with Crippen LogP contribution < -0.4 is 5.32 Å². The first-order valence-electron chi connectivity index (χ1n) is 5.97. The number of fused-ring (bicyclic) bond motifs is 1. The first-order chi connectivity index (χ1) is 8.74. The van der Waals surface area contributed by atoms with E-state index < -0.39 is 0 Å². The van der Waals surface area contributed by atoms with Crippen molar-refractivity contribution in [2.24, 2.45) is 0 Å². The zero-order valence-electron chi connectivity index (χ0n) is 10.1.